The van der Waals surface area contributed by atoms with E-state index in [4.69, 9.17) is 33.3 Å². The Balaban J connectivity index is 2.71. The van der Waals surface area contributed by atoms with Crippen molar-refractivity contribution in [2.24, 2.45) is 5.73 Å². The van der Waals surface area contributed by atoms with Gasteiger partial charge in [-0.1, -0.05) is 11.8 Å². The van der Waals surface area contributed by atoms with Gasteiger partial charge in [-0.2, -0.15) is 0 Å². The van der Waals surface area contributed by atoms with E-state index >= 15 is 0 Å². The Morgan fingerprint density at radius 1 is 1.65 bits per heavy atom. The van der Waals surface area contributed by atoms with Crippen LogP contribution in [0.2, 0.25) is 0 Å². The summed E-state index contributed by atoms with van der Waals surface area (Å²) in [6, 6.07) is -0.844. The molecular formula is C7H12N4O4S2. The summed E-state index contributed by atoms with van der Waals surface area (Å²) in [6.07, 6.45) is -1.63. The molecule has 0 saturated heterocycles. The highest BCUT2D eigenvalue weighted by Gasteiger charge is 2.15. The number of aliphatic hydroxyl groups excluding tert-OH is 1. The minimum atomic E-state index is -1.63. The van der Waals surface area contributed by atoms with Crippen LogP contribution in [-0.2, 0) is 11.3 Å². The first-order valence-corrected chi connectivity index (χ1v) is 5.92. The number of nitrogens with one attached hydrogen (secondary N) is 1. The lowest BCUT2D eigenvalue weighted by Crippen LogP contribution is -2.36. The molecule has 17 heavy (non-hydrogen) atoms. The van der Waals surface area contributed by atoms with Crippen molar-refractivity contribution in [2.75, 3.05) is 5.75 Å². The predicted octanol–water partition coefficient (Wildman–Crippen LogP) is -1.24. The summed E-state index contributed by atoms with van der Waals surface area (Å²) in [7, 11) is 0. The normalized spacial score (nSPS) is 12.9. The van der Waals surface area contributed by atoms with Gasteiger partial charge in [-0.05, 0) is 12.2 Å². The fourth-order valence-electron chi connectivity index (χ4n) is 0.945. The molecule has 1 unspecified atom stereocenters. The number of hydrogen-bond donors (Lipinski definition) is 5. The summed E-state index contributed by atoms with van der Waals surface area (Å²) < 4.78 is 1.48. The zero-order valence-electron chi connectivity index (χ0n) is 8.61. The number of carboxylic acid groups (broad SMARTS) is 1. The van der Waals surface area contributed by atoms with Crippen LogP contribution in [0.3, 0.4) is 0 Å². The van der Waals surface area contributed by atoms with Gasteiger partial charge < -0.3 is 21.1 Å². The molecule has 6 N–H and O–H groups in total. The number of carboxylic acids is 1. The lowest BCUT2D eigenvalue weighted by molar-refractivity contribution is -0.137. The molecule has 0 aliphatic heterocycles. The summed E-state index contributed by atoms with van der Waals surface area (Å²) in [5.74, 6) is -0.868. The average Bonchev–Trinajstić information content (AvgIpc) is 2.56. The van der Waals surface area contributed by atoms with Crippen LogP contribution < -0.4 is 5.73 Å². The number of hydrogen-bond acceptors (Lipinski definition) is 7. The second kappa shape index (κ2) is 6.12. The van der Waals surface area contributed by atoms with Crippen LogP contribution in [0.5, 0.6) is 0 Å². The van der Waals surface area contributed by atoms with Crippen molar-refractivity contribution >= 4 is 29.9 Å². The third-order valence-electron chi connectivity index (χ3n) is 1.80. The smallest absolute Gasteiger partial charge is 0.323 e. The SMILES string of the molecule is NC(CSc1n[nH]c(=S)n1CC(=O)O)C(O)O. The molecule has 0 amide bonds. The first kappa shape index (κ1) is 14.1. The zero-order chi connectivity index (χ0) is 13.0. The van der Waals surface area contributed by atoms with E-state index in [-0.39, 0.29) is 17.1 Å². The first-order valence-electron chi connectivity index (χ1n) is 4.53. The fraction of sp³-hybridized carbons (Fsp3) is 0.571. The van der Waals surface area contributed by atoms with Crippen LogP contribution in [0, 0.1) is 4.77 Å². The molecule has 8 nitrogen and oxygen atoms in total. The number of thioether (sulfide) groups is 1. The van der Waals surface area contributed by atoms with Gasteiger partial charge in [0.15, 0.2) is 16.2 Å². The van der Waals surface area contributed by atoms with E-state index in [2.05, 4.69) is 10.2 Å². The van der Waals surface area contributed by atoms with Gasteiger partial charge in [-0.15, -0.1) is 5.10 Å². The summed E-state index contributed by atoms with van der Waals surface area (Å²) in [6.45, 7) is -0.311. The second-order valence-corrected chi connectivity index (χ2v) is 4.55. The molecule has 0 saturated carbocycles. The van der Waals surface area contributed by atoms with E-state index < -0.39 is 18.3 Å². The number of carbonyl (C=O) groups is 1. The van der Waals surface area contributed by atoms with E-state index in [1.807, 2.05) is 0 Å². The molecule has 1 aromatic rings. The topological polar surface area (TPSA) is 137 Å². The van der Waals surface area contributed by atoms with Crippen LogP contribution >= 0.6 is 24.0 Å². The van der Waals surface area contributed by atoms with E-state index in [9.17, 15) is 4.79 Å². The minimum absolute atomic E-state index is 0.177. The molecule has 10 heteroatoms. The maximum Gasteiger partial charge on any atom is 0.323 e. The standard InChI is InChI=1S/C7H12N4O4S2/c8-3(5(14)15)2-17-7-10-9-6(16)11(7)1-4(12)13/h3,5,14-15H,1-2,8H2,(H,9,16)(H,12,13). The van der Waals surface area contributed by atoms with Gasteiger partial charge in [-0.25, -0.2) is 0 Å². The van der Waals surface area contributed by atoms with Crippen molar-refractivity contribution in [3.05, 3.63) is 4.77 Å². The second-order valence-electron chi connectivity index (χ2n) is 3.18. The summed E-state index contributed by atoms with van der Waals surface area (Å²) in [5.41, 5.74) is 5.41. The quantitative estimate of drug-likeness (QED) is 0.248. The molecule has 1 aromatic heterocycles. The number of aromatic nitrogens is 3. The van der Waals surface area contributed by atoms with Crippen molar-refractivity contribution in [3.63, 3.8) is 0 Å². The number of aliphatic carboxylic acids is 1. The maximum absolute atomic E-state index is 10.6. The van der Waals surface area contributed by atoms with Crippen LogP contribution in [0.4, 0.5) is 0 Å². The minimum Gasteiger partial charge on any atom is -0.480 e. The largest absolute Gasteiger partial charge is 0.480 e. The summed E-state index contributed by atoms with van der Waals surface area (Å²) in [4.78, 5) is 10.6. The molecule has 1 rings (SSSR count). The molecule has 0 aromatic carbocycles. The third kappa shape index (κ3) is 4.09. The number of aliphatic hydroxyl groups is 2. The highest BCUT2D eigenvalue weighted by molar-refractivity contribution is 7.99. The Bertz CT molecular complexity index is 443. The van der Waals surface area contributed by atoms with E-state index in [1.54, 1.807) is 0 Å². The predicted molar refractivity (Wildman–Crippen MR) is 62.0 cm³/mol. The lowest BCUT2D eigenvalue weighted by Gasteiger charge is -2.12. The van der Waals surface area contributed by atoms with Gasteiger partial charge >= 0.3 is 5.97 Å². The Morgan fingerprint density at radius 2 is 2.29 bits per heavy atom. The van der Waals surface area contributed by atoms with Crippen molar-refractivity contribution in [1.29, 1.82) is 0 Å². The Hall–Kier alpha value is -0.940. The highest BCUT2D eigenvalue weighted by Crippen LogP contribution is 2.16. The van der Waals surface area contributed by atoms with E-state index in [1.165, 1.54) is 4.57 Å². The maximum atomic E-state index is 10.6. The van der Waals surface area contributed by atoms with Crippen LogP contribution in [0.1, 0.15) is 0 Å². The van der Waals surface area contributed by atoms with E-state index in [0.29, 0.717) is 5.16 Å². The summed E-state index contributed by atoms with van der Waals surface area (Å²) >= 11 is 5.95. The number of nitrogens with two attached hydrogens (primary N) is 1. The Kier molecular flexibility index (Phi) is 5.08. The highest BCUT2D eigenvalue weighted by atomic mass is 32.2. The number of nitrogens with zero attached hydrogens (tertiary/aromatic N) is 2. The van der Waals surface area contributed by atoms with Gasteiger partial charge in [-0.3, -0.25) is 14.5 Å². The first-order chi connectivity index (χ1) is 7.91. The monoisotopic (exact) mass is 280 g/mol. The van der Waals surface area contributed by atoms with Gasteiger partial charge in [0.05, 0.1) is 6.04 Å². The average molecular weight is 280 g/mol. The number of H-pyrrole nitrogens is 1. The zero-order valence-corrected chi connectivity index (χ0v) is 10.2. The molecule has 1 atom stereocenters. The third-order valence-corrected chi connectivity index (χ3v) is 3.24. The Morgan fingerprint density at radius 3 is 2.82 bits per heavy atom. The molecule has 0 fully saturated rings. The molecule has 0 aliphatic rings. The molecule has 0 spiro atoms. The van der Waals surface area contributed by atoms with E-state index in [0.717, 1.165) is 11.8 Å². The summed E-state index contributed by atoms with van der Waals surface area (Å²) in [5, 5.41) is 32.9. The molecule has 0 radical (unpaired) electrons. The van der Waals surface area contributed by atoms with Gasteiger partial charge in [0.25, 0.3) is 0 Å². The van der Waals surface area contributed by atoms with Crippen LogP contribution in [0.15, 0.2) is 5.16 Å². The van der Waals surface area contributed by atoms with Crippen molar-refractivity contribution in [3.8, 4) is 0 Å². The fourth-order valence-corrected chi connectivity index (χ4v) is 2.13. The van der Waals surface area contributed by atoms with Crippen LogP contribution in [0.25, 0.3) is 0 Å². The molecule has 0 bridgehead atoms. The number of aromatic amines is 1. The van der Waals surface area contributed by atoms with Gasteiger partial charge in [0.2, 0.25) is 0 Å². The number of rotatable bonds is 6. The molecule has 96 valence electrons. The molecule has 1 heterocycles. The van der Waals surface area contributed by atoms with Gasteiger partial charge in [0.1, 0.15) is 6.54 Å². The van der Waals surface area contributed by atoms with Gasteiger partial charge in [0, 0.05) is 5.75 Å². The molecular weight excluding hydrogens is 268 g/mol. The van der Waals surface area contributed by atoms with Crippen molar-refractivity contribution in [1.82, 2.24) is 14.8 Å². The van der Waals surface area contributed by atoms with Crippen molar-refractivity contribution < 1.29 is 20.1 Å². The van der Waals surface area contributed by atoms with Crippen molar-refractivity contribution in [2.45, 2.75) is 24.0 Å². The Labute approximate surface area is 105 Å². The van der Waals surface area contributed by atoms with Crippen LogP contribution in [-0.4, -0.2) is 54.1 Å². The lowest BCUT2D eigenvalue weighted by atomic mass is 10.4. The molecule has 0 aliphatic carbocycles.